The summed E-state index contributed by atoms with van der Waals surface area (Å²) in [4.78, 5) is 13.8. The largest absolute Gasteiger partial charge is 0.377 e. The van der Waals surface area contributed by atoms with Crippen LogP contribution < -0.4 is 21.7 Å². The predicted molar refractivity (Wildman–Crippen MR) is 115 cm³/mol. The number of amides is 1. The second kappa shape index (κ2) is 10.1. The van der Waals surface area contributed by atoms with Crippen molar-refractivity contribution in [2.45, 2.75) is 51.9 Å². The van der Waals surface area contributed by atoms with Crippen LogP contribution in [0, 0.1) is 5.41 Å². The van der Waals surface area contributed by atoms with Gasteiger partial charge in [-0.3, -0.25) is 15.4 Å². The van der Waals surface area contributed by atoms with Crippen LogP contribution in [0.1, 0.15) is 50.8 Å². The van der Waals surface area contributed by atoms with Crippen LogP contribution in [-0.2, 0) is 9.53 Å². The Balaban J connectivity index is 1.83. The van der Waals surface area contributed by atoms with E-state index in [1.165, 1.54) is 12.1 Å². The van der Waals surface area contributed by atoms with Crippen LogP contribution in [0.3, 0.4) is 0 Å². The quantitative estimate of drug-likeness (QED) is 0.505. The molecule has 0 radical (unpaired) electrons. The van der Waals surface area contributed by atoms with E-state index in [-0.39, 0.29) is 29.5 Å². The van der Waals surface area contributed by atoms with E-state index in [9.17, 15) is 13.6 Å². The summed E-state index contributed by atoms with van der Waals surface area (Å²) in [5.41, 5.74) is 6.06. The van der Waals surface area contributed by atoms with Gasteiger partial charge in [0, 0.05) is 12.1 Å². The van der Waals surface area contributed by atoms with Gasteiger partial charge in [0.15, 0.2) is 5.83 Å². The molecule has 10 heteroatoms. The number of morpholine rings is 1. The van der Waals surface area contributed by atoms with Crippen molar-refractivity contribution in [1.29, 1.82) is 0 Å². The number of benzene rings is 1. The van der Waals surface area contributed by atoms with Gasteiger partial charge in [0.05, 0.1) is 32.0 Å². The summed E-state index contributed by atoms with van der Waals surface area (Å²) in [5.74, 6) is -0.753. The summed E-state index contributed by atoms with van der Waals surface area (Å²) in [5, 5.41) is 9.02. The molecule has 1 aromatic carbocycles. The topological polar surface area (TPSA) is 91.7 Å². The lowest BCUT2D eigenvalue weighted by molar-refractivity contribution is -0.121. The van der Waals surface area contributed by atoms with Gasteiger partial charge in [-0.15, -0.1) is 0 Å². The number of nitrogens with one attached hydrogen (secondary N) is 3. The number of nitrogens with two attached hydrogens (primary N) is 1. The molecule has 3 unspecified atom stereocenters. The number of primary amides is 1. The van der Waals surface area contributed by atoms with Crippen molar-refractivity contribution in [3.05, 3.63) is 47.0 Å². The molecule has 1 fully saturated rings. The number of carbonyl (C=O) groups excluding carboxylic acids is 1. The lowest BCUT2D eigenvalue weighted by Gasteiger charge is -2.42. The second-order valence-electron chi connectivity index (χ2n) is 9.33. The van der Waals surface area contributed by atoms with Crippen LogP contribution in [0.4, 0.5) is 13.2 Å². The minimum Gasteiger partial charge on any atom is -0.377 e. The van der Waals surface area contributed by atoms with Crippen molar-refractivity contribution in [2.24, 2.45) is 11.1 Å². The van der Waals surface area contributed by atoms with Crippen molar-refractivity contribution in [3.8, 4) is 0 Å². The maximum atomic E-state index is 15.6. The van der Waals surface area contributed by atoms with Crippen LogP contribution in [0.2, 0.25) is 0 Å². The monoisotopic (exact) mass is 455 g/mol. The Morgan fingerprint density at radius 3 is 2.59 bits per heavy atom. The molecule has 178 valence electrons. The highest BCUT2D eigenvalue weighted by atomic mass is 19.3. The molecule has 1 aromatic rings. The standard InChI is InChI=1S/C22H32F3N5O2/c1-22(2,3)10-15(19(26)31)29-20-17(23)21(28-12-27-20)30-8-9-32-11-16(30)13-4-6-14(7-5-13)18(24)25/h4-7,15-16,18,20,27-29H,8-12H2,1-3H3,(H2,26,31). The molecule has 2 aliphatic heterocycles. The molecule has 1 amide bonds. The maximum Gasteiger partial charge on any atom is 0.263 e. The smallest absolute Gasteiger partial charge is 0.263 e. The lowest BCUT2D eigenvalue weighted by Crippen LogP contribution is -2.59. The number of alkyl halides is 2. The Morgan fingerprint density at radius 2 is 2.00 bits per heavy atom. The van der Waals surface area contributed by atoms with E-state index in [0.29, 0.717) is 26.2 Å². The van der Waals surface area contributed by atoms with Gasteiger partial charge < -0.3 is 20.7 Å². The fraction of sp³-hybridized carbons (Fsp3) is 0.591. The highest BCUT2D eigenvalue weighted by molar-refractivity contribution is 5.80. The van der Waals surface area contributed by atoms with Crippen LogP contribution in [0.25, 0.3) is 0 Å². The van der Waals surface area contributed by atoms with Crippen molar-refractivity contribution in [3.63, 3.8) is 0 Å². The first-order chi connectivity index (χ1) is 15.1. The van der Waals surface area contributed by atoms with E-state index in [1.54, 1.807) is 12.1 Å². The Hall–Kier alpha value is -2.30. The molecular weight excluding hydrogens is 423 g/mol. The molecule has 0 aromatic heterocycles. The van der Waals surface area contributed by atoms with Gasteiger partial charge in [0.1, 0.15) is 12.0 Å². The van der Waals surface area contributed by atoms with Gasteiger partial charge in [-0.1, -0.05) is 45.0 Å². The predicted octanol–water partition coefficient (Wildman–Crippen LogP) is 2.49. The number of rotatable bonds is 7. The van der Waals surface area contributed by atoms with E-state index >= 15 is 4.39 Å². The third-order valence-corrected chi connectivity index (χ3v) is 5.56. The van der Waals surface area contributed by atoms with Crippen molar-refractivity contribution < 1.29 is 22.7 Å². The zero-order chi connectivity index (χ0) is 23.5. The maximum absolute atomic E-state index is 15.6. The van der Waals surface area contributed by atoms with Crippen LogP contribution in [0.15, 0.2) is 35.9 Å². The van der Waals surface area contributed by atoms with Crippen LogP contribution >= 0.6 is 0 Å². The van der Waals surface area contributed by atoms with E-state index in [0.717, 1.165) is 5.56 Å². The molecule has 3 rings (SSSR count). The number of ether oxygens (including phenoxy) is 1. The third-order valence-electron chi connectivity index (χ3n) is 5.56. The van der Waals surface area contributed by atoms with Gasteiger partial charge in [0.2, 0.25) is 5.91 Å². The number of hydrogen-bond donors (Lipinski definition) is 4. The molecule has 0 bridgehead atoms. The molecule has 3 atom stereocenters. The average molecular weight is 456 g/mol. The Labute approximate surface area is 186 Å². The lowest BCUT2D eigenvalue weighted by atomic mass is 9.87. The Morgan fingerprint density at radius 1 is 1.31 bits per heavy atom. The number of hydrogen-bond acceptors (Lipinski definition) is 6. The molecule has 2 aliphatic rings. The molecule has 5 N–H and O–H groups in total. The van der Waals surface area contributed by atoms with Crippen LogP contribution in [0.5, 0.6) is 0 Å². The summed E-state index contributed by atoms with van der Waals surface area (Å²) in [6.45, 7) is 7.34. The SMILES string of the molecule is CC(C)(C)CC(NC1NCNC(N2CCOCC2c2ccc(C(F)F)cc2)=C1F)C(N)=O. The first kappa shape index (κ1) is 24.3. The normalized spacial score (nSPS) is 23.3. The minimum absolute atomic E-state index is 0.0666. The molecule has 2 heterocycles. The first-order valence-corrected chi connectivity index (χ1v) is 10.7. The Bertz CT molecular complexity index is 826. The van der Waals surface area contributed by atoms with Crippen molar-refractivity contribution in [2.75, 3.05) is 26.4 Å². The van der Waals surface area contributed by atoms with Gasteiger partial charge in [0.25, 0.3) is 6.43 Å². The summed E-state index contributed by atoms with van der Waals surface area (Å²) < 4.78 is 47.0. The number of carbonyl (C=O) groups is 1. The average Bonchev–Trinajstić information content (AvgIpc) is 2.74. The Kier molecular flexibility index (Phi) is 7.68. The van der Waals surface area contributed by atoms with Gasteiger partial charge >= 0.3 is 0 Å². The number of nitrogens with zero attached hydrogens (tertiary/aromatic N) is 1. The van der Waals surface area contributed by atoms with E-state index in [1.807, 2.05) is 25.7 Å². The summed E-state index contributed by atoms with van der Waals surface area (Å²) in [6.07, 6.45) is -2.99. The van der Waals surface area contributed by atoms with E-state index in [4.69, 9.17) is 10.5 Å². The zero-order valence-electron chi connectivity index (χ0n) is 18.6. The summed E-state index contributed by atoms with van der Waals surface area (Å²) in [7, 11) is 0. The molecule has 7 nitrogen and oxygen atoms in total. The second-order valence-corrected chi connectivity index (χ2v) is 9.33. The highest BCUT2D eigenvalue weighted by Gasteiger charge is 2.35. The van der Waals surface area contributed by atoms with Crippen LogP contribution in [-0.4, -0.2) is 49.4 Å². The van der Waals surface area contributed by atoms with Crippen molar-refractivity contribution >= 4 is 5.91 Å². The fourth-order valence-corrected chi connectivity index (χ4v) is 3.98. The van der Waals surface area contributed by atoms with Gasteiger partial charge in [-0.25, -0.2) is 13.2 Å². The third kappa shape index (κ3) is 5.93. The summed E-state index contributed by atoms with van der Waals surface area (Å²) >= 11 is 0. The number of halogens is 3. The van der Waals surface area contributed by atoms with Gasteiger partial charge in [-0.2, -0.15) is 0 Å². The molecule has 32 heavy (non-hydrogen) atoms. The molecule has 0 saturated carbocycles. The molecule has 0 spiro atoms. The van der Waals surface area contributed by atoms with E-state index in [2.05, 4.69) is 16.0 Å². The van der Waals surface area contributed by atoms with E-state index < -0.39 is 30.4 Å². The minimum atomic E-state index is -2.55. The summed E-state index contributed by atoms with van der Waals surface area (Å²) in [6, 6.07) is 4.94. The molecule has 1 saturated heterocycles. The van der Waals surface area contributed by atoms with Gasteiger partial charge in [-0.05, 0) is 17.4 Å². The molecular formula is C22H32F3N5O2. The highest BCUT2D eigenvalue weighted by Crippen LogP contribution is 2.31. The first-order valence-electron chi connectivity index (χ1n) is 10.7. The molecule has 0 aliphatic carbocycles. The zero-order valence-corrected chi connectivity index (χ0v) is 18.6. The van der Waals surface area contributed by atoms with Crippen molar-refractivity contribution in [1.82, 2.24) is 20.9 Å². The fourth-order valence-electron chi connectivity index (χ4n) is 3.98.